The van der Waals surface area contributed by atoms with Crippen LogP contribution < -0.4 is 4.90 Å². The first-order valence-electron chi connectivity index (χ1n) is 7.00. The maximum atomic E-state index is 10.4. The molecule has 2 heteroatoms. The van der Waals surface area contributed by atoms with Gasteiger partial charge in [-0.25, -0.2) is 0 Å². The maximum absolute atomic E-state index is 10.4. The molecule has 0 heterocycles. The van der Waals surface area contributed by atoms with Crippen molar-refractivity contribution >= 4 is 5.69 Å². The summed E-state index contributed by atoms with van der Waals surface area (Å²) < 4.78 is 0. The fraction of sp³-hybridized carbons (Fsp3) is 0.333. The summed E-state index contributed by atoms with van der Waals surface area (Å²) in [6.07, 6.45) is -0.472. The van der Waals surface area contributed by atoms with Crippen LogP contribution in [0.4, 0.5) is 5.69 Å². The van der Waals surface area contributed by atoms with E-state index < -0.39 is 6.10 Å². The van der Waals surface area contributed by atoms with E-state index >= 15 is 0 Å². The first-order valence-corrected chi connectivity index (χ1v) is 7.00. The summed E-state index contributed by atoms with van der Waals surface area (Å²) in [7, 11) is 2.01. The Bertz CT molecular complexity index is 554. The van der Waals surface area contributed by atoms with Crippen molar-refractivity contribution in [3.63, 3.8) is 0 Å². The van der Waals surface area contributed by atoms with Gasteiger partial charge < -0.3 is 10.0 Å². The highest BCUT2D eigenvalue weighted by molar-refractivity contribution is 5.47. The number of benzene rings is 2. The Morgan fingerprint density at radius 3 is 2.00 bits per heavy atom. The lowest BCUT2D eigenvalue weighted by molar-refractivity contribution is 0.185. The van der Waals surface area contributed by atoms with Crippen molar-refractivity contribution < 1.29 is 5.11 Å². The van der Waals surface area contributed by atoms with Crippen LogP contribution in [-0.2, 0) is 0 Å². The topological polar surface area (TPSA) is 23.5 Å². The molecule has 2 aromatic carbocycles. The zero-order valence-electron chi connectivity index (χ0n) is 12.7. The molecule has 0 spiro atoms. The van der Waals surface area contributed by atoms with Gasteiger partial charge in [-0.15, -0.1) is 0 Å². The zero-order valence-corrected chi connectivity index (χ0v) is 12.7. The molecule has 0 aliphatic rings. The molecule has 0 saturated heterocycles. The first-order chi connectivity index (χ1) is 9.45. The van der Waals surface area contributed by atoms with Crippen LogP contribution in [0.5, 0.6) is 0 Å². The van der Waals surface area contributed by atoms with E-state index in [1.807, 2.05) is 7.05 Å². The maximum Gasteiger partial charge on any atom is 0.0964 e. The van der Waals surface area contributed by atoms with Gasteiger partial charge >= 0.3 is 0 Å². The Kier molecular flexibility index (Phi) is 4.46. The SMILES string of the molecule is Cc1ccc(N(C)CC(O)c2cc(C)cc(C)c2)cc1. The molecule has 0 bridgehead atoms. The molecular weight excluding hydrogens is 246 g/mol. The number of anilines is 1. The molecule has 0 saturated carbocycles. The van der Waals surface area contributed by atoms with Gasteiger partial charge in [0.05, 0.1) is 6.10 Å². The molecule has 0 aliphatic carbocycles. The summed E-state index contributed by atoms with van der Waals surface area (Å²) in [5.41, 5.74) is 5.74. The smallest absolute Gasteiger partial charge is 0.0964 e. The van der Waals surface area contributed by atoms with Gasteiger partial charge in [-0.05, 0) is 38.5 Å². The van der Waals surface area contributed by atoms with Crippen molar-refractivity contribution in [3.05, 3.63) is 64.7 Å². The molecule has 106 valence electrons. The summed E-state index contributed by atoms with van der Waals surface area (Å²) >= 11 is 0. The van der Waals surface area contributed by atoms with Gasteiger partial charge in [0.25, 0.3) is 0 Å². The molecule has 0 aliphatic heterocycles. The van der Waals surface area contributed by atoms with Gasteiger partial charge in [-0.2, -0.15) is 0 Å². The molecular formula is C18H23NO. The van der Waals surface area contributed by atoms with Crippen LogP contribution in [0.1, 0.15) is 28.4 Å². The van der Waals surface area contributed by atoms with E-state index in [0.717, 1.165) is 11.3 Å². The second kappa shape index (κ2) is 6.10. The van der Waals surface area contributed by atoms with E-state index in [1.54, 1.807) is 0 Å². The van der Waals surface area contributed by atoms with Gasteiger partial charge in [-0.3, -0.25) is 0 Å². The normalized spacial score (nSPS) is 12.2. The number of hydrogen-bond donors (Lipinski definition) is 1. The minimum absolute atomic E-state index is 0.472. The minimum Gasteiger partial charge on any atom is -0.387 e. The average Bonchev–Trinajstić information content (AvgIpc) is 2.38. The summed E-state index contributed by atoms with van der Waals surface area (Å²) in [4.78, 5) is 2.09. The first kappa shape index (κ1) is 14.6. The molecule has 0 aromatic heterocycles. The number of hydrogen-bond acceptors (Lipinski definition) is 2. The van der Waals surface area contributed by atoms with E-state index in [0.29, 0.717) is 6.54 Å². The van der Waals surface area contributed by atoms with Crippen molar-refractivity contribution in [2.45, 2.75) is 26.9 Å². The highest BCUT2D eigenvalue weighted by Gasteiger charge is 2.12. The number of aryl methyl sites for hydroxylation is 3. The standard InChI is InChI=1S/C18H23NO/c1-13-5-7-17(8-6-13)19(4)12-18(20)16-10-14(2)9-15(3)11-16/h5-11,18,20H,12H2,1-4H3. The predicted molar refractivity (Wildman–Crippen MR) is 85.3 cm³/mol. The molecule has 1 N–H and O–H groups in total. The number of aliphatic hydroxyl groups is 1. The third-order valence-electron chi connectivity index (χ3n) is 3.55. The van der Waals surface area contributed by atoms with Crippen LogP contribution in [0.3, 0.4) is 0 Å². The van der Waals surface area contributed by atoms with Crippen LogP contribution in [0, 0.1) is 20.8 Å². The quantitative estimate of drug-likeness (QED) is 0.913. The highest BCUT2D eigenvalue weighted by atomic mass is 16.3. The Morgan fingerprint density at radius 1 is 0.900 bits per heavy atom. The zero-order chi connectivity index (χ0) is 14.7. The number of aliphatic hydroxyl groups excluding tert-OH is 1. The highest BCUT2D eigenvalue weighted by Crippen LogP contribution is 2.21. The molecule has 1 atom stereocenters. The predicted octanol–water partition coefficient (Wildman–Crippen LogP) is 3.78. The minimum atomic E-state index is -0.472. The number of rotatable bonds is 4. The van der Waals surface area contributed by atoms with Crippen LogP contribution in [0.25, 0.3) is 0 Å². The number of nitrogens with zero attached hydrogens (tertiary/aromatic N) is 1. The molecule has 0 fully saturated rings. The Morgan fingerprint density at radius 2 is 1.45 bits per heavy atom. The molecule has 0 amide bonds. The van der Waals surface area contributed by atoms with Gasteiger partial charge in [0.15, 0.2) is 0 Å². The lowest BCUT2D eigenvalue weighted by atomic mass is 10.0. The summed E-state index contributed by atoms with van der Waals surface area (Å²) in [5.74, 6) is 0. The van der Waals surface area contributed by atoms with Gasteiger partial charge in [0.1, 0.15) is 0 Å². The molecule has 2 nitrogen and oxygen atoms in total. The molecule has 0 radical (unpaired) electrons. The third-order valence-corrected chi connectivity index (χ3v) is 3.55. The largest absolute Gasteiger partial charge is 0.387 e. The van der Waals surface area contributed by atoms with E-state index in [9.17, 15) is 5.11 Å². The molecule has 1 unspecified atom stereocenters. The monoisotopic (exact) mass is 269 g/mol. The summed E-state index contributed by atoms with van der Waals surface area (Å²) in [6, 6.07) is 14.6. The van der Waals surface area contributed by atoms with Gasteiger partial charge in [0, 0.05) is 19.3 Å². The fourth-order valence-electron chi connectivity index (χ4n) is 2.47. The van der Waals surface area contributed by atoms with Crippen molar-refractivity contribution in [3.8, 4) is 0 Å². The van der Waals surface area contributed by atoms with E-state index in [-0.39, 0.29) is 0 Å². The second-order valence-corrected chi connectivity index (χ2v) is 5.65. The van der Waals surface area contributed by atoms with E-state index in [4.69, 9.17) is 0 Å². The number of likely N-dealkylation sites (N-methyl/N-ethyl adjacent to an activating group) is 1. The Hall–Kier alpha value is -1.80. The van der Waals surface area contributed by atoms with Gasteiger partial charge in [-0.1, -0.05) is 47.0 Å². The van der Waals surface area contributed by atoms with Gasteiger partial charge in [0.2, 0.25) is 0 Å². The summed E-state index contributed by atoms with van der Waals surface area (Å²) in [5, 5.41) is 10.4. The van der Waals surface area contributed by atoms with Crippen molar-refractivity contribution in [1.29, 1.82) is 0 Å². The van der Waals surface area contributed by atoms with Crippen LogP contribution >= 0.6 is 0 Å². The fourth-order valence-corrected chi connectivity index (χ4v) is 2.47. The van der Waals surface area contributed by atoms with E-state index in [2.05, 4.69) is 68.1 Å². The molecule has 20 heavy (non-hydrogen) atoms. The third kappa shape index (κ3) is 3.61. The Balaban J connectivity index is 2.10. The van der Waals surface area contributed by atoms with Crippen molar-refractivity contribution in [2.24, 2.45) is 0 Å². The second-order valence-electron chi connectivity index (χ2n) is 5.65. The lowest BCUT2D eigenvalue weighted by Crippen LogP contribution is -2.24. The van der Waals surface area contributed by atoms with Crippen molar-refractivity contribution in [2.75, 3.05) is 18.5 Å². The van der Waals surface area contributed by atoms with Crippen molar-refractivity contribution in [1.82, 2.24) is 0 Å². The Labute approximate surface area is 121 Å². The van der Waals surface area contributed by atoms with Crippen LogP contribution in [0.15, 0.2) is 42.5 Å². The van der Waals surface area contributed by atoms with E-state index in [1.165, 1.54) is 16.7 Å². The van der Waals surface area contributed by atoms with Crippen LogP contribution in [-0.4, -0.2) is 18.7 Å². The lowest BCUT2D eigenvalue weighted by Gasteiger charge is -2.23. The average molecular weight is 269 g/mol. The summed E-state index contributed by atoms with van der Waals surface area (Å²) in [6.45, 7) is 6.79. The molecule has 2 aromatic rings. The molecule has 2 rings (SSSR count). The van der Waals surface area contributed by atoms with Crippen LogP contribution in [0.2, 0.25) is 0 Å².